The van der Waals surface area contributed by atoms with Gasteiger partial charge in [0, 0.05) is 22.4 Å². The molecule has 1 aromatic carbocycles. The number of aliphatic hydroxyl groups excluding tert-OH is 1. The first kappa shape index (κ1) is 10.0. The monoisotopic (exact) mass is 273 g/mol. The highest BCUT2D eigenvalue weighted by atomic mass is 79.9. The summed E-state index contributed by atoms with van der Waals surface area (Å²) in [6, 6.07) is 5.89. The second kappa shape index (κ2) is 3.57. The van der Waals surface area contributed by atoms with Crippen LogP contribution in [0.15, 0.2) is 22.7 Å². The van der Waals surface area contributed by atoms with Gasteiger partial charge in [-0.2, -0.15) is 0 Å². The van der Waals surface area contributed by atoms with Crippen LogP contribution < -0.4 is 0 Å². The number of nitrogens with zero attached hydrogens (tertiary/aromatic N) is 1. The average Bonchev–Trinajstić information content (AvgIpc) is 2.39. The lowest BCUT2D eigenvalue weighted by molar-refractivity contribution is 0.273. The number of halogens is 2. The highest BCUT2D eigenvalue weighted by Gasteiger charge is 2.12. The first-order valence-electron chi connectivity index (χ1n) is 4.18. The molecule has 1 aromatic heterocycles. The van der Waals surface area contributed by atoms with Gasteiger partial charge in [-0.1, -0.05) is 27.5 Å². The highest BCUT2D eigenvalue weighted by molar-refractivity contribution is 9.10. The van der Waals surface area contributed by atoms with Crippen LogP contribution in [0.1, 0.15) is 5.69 Å². The largest absolute Gasteiger partial charge is 0.390 e. The van der Waals surface area contributed by atoms with E-state index in [2.05, 4.69) is 15.9 Å². The SMILES string of the molecule is Cn1c(CO)c(Cl)c2cc(Br)ccc21. The van der Waals surface area contributed by atoms with Crippen LogP contribution in [0.2, 0.25) is 5.02 Å². The van der Waals surface area contributed by atoms with E-state index in [1.807, 2.05) is 29.8 Å². The normalized spacial score (nSPS) is 11.1. The van der Waals surface area contributed by atoms with Crippen LogP contribution in [0.3, 0.4) is 0 Å². The molecule has 0 unspecified atom stereocenters. The van der Waals surface area contributed by atoms with Crippen LogP contribution in [0, 0.1) is 0 Å². The second-order valence-corrected chi connectivity index (χ2v) is 4.43. The number of rotatable bonds is 1. The van der Waals surface area contributed by atoms with Crippen molar-refractivity contribution in [2.24, 2.45) is 7.05 Å². The lowest BCUT2D eigenvalue weighted by atomic mass is 10.2. The fourth-order valence-electron chi connectivity index (χ4n) is 1.60. The van der Waals surface area contributed by atoms with Crippen molar-refractivity contribution in [1.82, 2.24) is 4.57 Å². The third kappa shape index (κ3) is 1.36. The van der Waals surface area contributed by atoms with Crippen molar-refractivity contribution in [3.8, 4) is 0 Å². The van der Waals surface area contributed by atoms with Gasteiger partial charge in [-0.05, 0) is 18.2 Å². The molecule has 0 spiro atoms. The van der Waals surface area contributed by atoms with E-state index in [0.29, 0.717) is 5.02 Å². The minimum atomic E-state index is -0.0400. The Labute approximate surface area is 95.2 Å². The smallest absolute Gasteiger partial charge is 0.0848 e. The van der Waals surface area contributed by atoms with Gasteiger partial charge in [0.1, 0.15) is 0 Å². The van der Waals surface area contributed by atoms with Crippen LogP contribution in [-0.4, -0.2) is 9.67 Å². The van der Waals surface area contributed by atoms with Gasteiger partial charge in [0.15, 0.2) is 0 Å². The van der Waals surface area contributed by atoms with Crippen LogP contribution in [-0.2, 0) is 13.7 Å². The molecule has 74 valence electrons. The van der Waals surface area contributed by atoms with Crippen molar-refractivity contribution in [3.05, 3.63) is 33.4 Å². The molecule has 0 atom stereocenters. The van der Waals surface area contributed by atoms with Crippen molar-refractivity contribution in [1.29, 1.82) is 0 Å². The van der Waals surface area contributed by atoms with Gasteiger partial charge in [-0.15, -0.1) is 0 Å². The van der Waals surface area contributed by atoms with E-state index >= 15 is 0 Å². The van der Waals surface area contributed by atoms with Crippen molar-refractivity contribution in [2.45, 2.75) is 6.61 Å². The van der Waals surface area contributed by atoms with E-state index < -0.39 is 0 Å². The van der Waals surface area contributed by atoms with E-state index in [4.69, 9.17) is 16.7 Å². The zero-order chi connectivity index (χ0) is 10.3. The van der Waals surface area contributed by atoms with Gasteiger partial charge >= 0.3 is 0 Å². The molecule has 0 saturated heterocycles. The lowest BCUT2D eigenvalue weighted by Gasteiger charge is -1.99. The molecule has 1 heterocycles. The molecule has 0 radical (unpaired) electrons. The number of hydrogen-bond acceptors (Lipinski definition) is 1. The predicted octanol–water partition coefficient (Wildman–Crippen LogP) is 3.09. The maximum absolute atomic E-state index is 9.15. The fraction of sp³-hybridized carbons (Fsp3) is 0.200. The molecule has 4 heteroatoms. The minimum Gasteiger partial charge on any atom is -0.390 e. The summed E-state index contributed by atoms with van der Waals surface area (Å²) in [5, 5.41) is 10.7. The molecular formula is C10H9BrClNO. The van der Waals surface area contributed by atoms with E-state index in [1.54, 1.807) is 0 Å². The van der Waals surface area contributed by atoms with Crippen LogP contribution >= 0.6 is 27.5 Å². The van der Waals surface area contributed by atoms with Crippen molar-refractivity contribution in [3.63, 3.8) is 0 Å². The van der Waals surface area contributed by atoms with Crippen molar-refractivity contribution < 1.29 is 5.11 Å². The van der Waals surface area contributed by atoms with E-state index in [9.17, 15) is 0 Å². The molecule has 0 bridgehead atoms. The Bertz CT molecular complexity index is 492. The third-order valence-corrected chi connectivity index (χ3v) is 3.28. The zero-order valence-electron chi connectivity index (χ0n) is 7.59. The summed E-state index contributed by atoms with van der Waals surface area (Å²) in [7, 11) is 1.90. The highest BCUT2D eigenvalue weighted by Crippen LogP contribution is 2.31. The minimum absolute atomic E-state index is 0.0400. The Morgan fingerprint density at radius 1 is 1.50 bits per heavy atom. The molecule has 0 saturated carbocycles. The topological polar surface area (TPSA) is 25.2 Å². The Hall–Kier alpha value is -0.510. The van der Waals surface area contributed by atoms with Gasteiger partial charge in [0.2, 0.25) is 0 Å². The zero-order valence-corrected chi connectivity index (χ0v) is 9.93. The van der Waals surface area contributed by atoms with Crippen molar-refractivity contribution >= 4 is 38.4 Å². The molecule has 1 N–H and O–H groups in total. The summed E-state index contributed by atoms with van der Waals surface area (Å²) in [6.07, 6.45) is 0. The first-order valence-corrected chi connectivity index (χ1v) is 5.35. The van der Waals surface area contributed by atoms with Crippen LogP contribution in [0.4, 0.5) is 0 Å². The second-order valence-electron chi connectivity index (χ2n) is 3.14. The Kier molecular flexibility index (Phi) is 2.56. The van der Waals surface area contributed by atoms with Crippen LogP contribution in [0.5, 0.6) is 0 Å². The third-order valence-electron chi connectivity index (χ3n) is 2.36. The molecule has 0 amide bonds. The first-order chi connectivity index (χ1) is 6.65. The molecule has 0 aliphatic rings. The number of aliphatic hydroxyl groups is 1. The Morgan fingerprint density at radius 2 is 2.21 bits per heavy atom. The summed E-state index contributed by atoms with van der Waals surface area (Å²) in [6.45, 7) is -0.0400. The summed E-state index contributed by atoms with van der Waals surface area (Å²) < 4.78 is 2.89. The summed E-state index contributed by atoms with van der Waals surface area (Å²) >= 11 is 9.52. The molecule has 0 aliphatic carbocycles. The van der Waals surface area contributed by atoms with Crippen molar-refractivity contribution in [2.75, 3.05) is 0 Å². The quantitative estimate of drug-likeness (QED) is 0.849. The van der Waals surface area contributed by atoms with Gasteiger partial charge in [0.25, 0.3) is 0 Å². The molecule has 0 fully saturated rings. The number of benzene rings is 1. The van der Waals surface area contributed by atoms with Gasteiger partial charge in [-0.25, -0.2) is 0 Å². The van der Waals surface area contributed by atoms with E-state index in [-0.39, 0.29) is 6.61 Å². The molecule has 0 aliphatic heterocycles. The van der Waals surface area contributed by atoms with E-state index in [1.165, 1.54) is 0 Å². The molecular weight excluding hydrogens is 265 g/mol. The number of aromatic nitrogens is 1. The number of hydrogen-bond donors (Lipinski definition) is 1. The molecule has 14 heavy (non-hydrogen) atoms. The number of fused-ring (bicyclic) bond motifs is 1. The van der Waals surface area contributed by atoms with Gasteiger partial charge in [0.05, 0.1) is 17.3 Å². The lowest BCUT2D eigenvalue weighted by Crippen LogP contribution is -1.95. The van der Waals surface area contributed by atoms with Crippen LogP contribution in [0.25, 0.3) is 10.9 Å². The fourth-order valence-corrected chi connectivity index (χ4v) is 2.30. The standard InChI is InChI=1S/C10H9BrClNO/c1-13-8-3-2-6(11)4-7(8)10(12)9(13)5-14/h2-4,14H,5H2,1H3. The average molecular weight is 275 g/mol. The Balaban J connectivity index is 2.87. The summed E-state index contributed by atoms with van der Waals surface area (Å²) in [5.74, 6) is 0. The maximum atomic E-state index is 9.15. The Morgan fingerprint density at radius 3 is 2.86 bits per heavy atom. The summed E-state index contributed by atoms with van der Waals surface area (Å²) in [5.41, 5.74) is 1.78. The predicted molar refractivity (Wildman–Crippen MR) is 61.6 cm³/mol. The summed E-state index contributed by atoms with van der Waals surface area (Å²) in [4.78, 5) is 0. The molecule has 2 nitrogen and oxygen atoms in total. The number of aryl methyl sites for hydroxylation is 1. The maximum Gasteiger partial charge on any atom is 0.0848 e. The molecule has 2 aromatic rings. The molecule has 2 rings (SSSR count). The van der Waals surface area contributed by atoms with Gasteiger partial charge in [-0.3, -0.25) is 0 Å². The van der Waals surface area contributed by atoms with Gasteiger partial charge < -0.3 is 9.67 Å². The van der Waals surface area contributed by atoms with E-state index in [0.717, 1.165) is 21.1 Å².